The quantitative estimate of drug-likeness (QED) is 0.685. The third-order valence-electron chi connectivity index (χ3n) is 4.14. The van der Waals surface area contributed by atoms with E-state index in [1.807, 2.05) is 56.3 Å². The first kappa shape index (κ1) is 19.5. The molecule has 0 radical (unpaired) electrons. The normalized spacial score (nSPS) is 10.5. The fraction of sp³-hybridized carbons (Fsp3) is 0.333. The summed E-state index contributed by atoms with van der Waals surface area (Å²) >= 11 is 0. The Kier molecular flexibility index (Phi) is 6.78. The molecule has 0 atom stereocenters. The van der Waals surface area contributed by atoms with Gasteiger partial charge in [-0.3, -0.25) is 9.59 Å². The van der Waals surface area contributed by atoms with Crippen molar-refractivity contribution in [3.05, 3.63) is 53.6 Å². The van der Waals surface area contributed by atoms with E-state index in [0.29, 0.717) is 12.3 Å². The van der Waals surface area contributed by atoms with Gasteiger partial charge in [-0.2, -0.15) is 0 Å². The van der Waals surface area contributed by atoms with Crippen LogP contribution in [0.5, 0.6) is 0 Å². The van der Waals surface area contributed by atoms with Gasteiger partial charge in [0.25, 0.3) is 0 Å². The molecule has 3 N–H and O–H groups in total. The summed E-state index contributed by atoms with van der Waals surface area (Å²) in [4.78, 5) is 23.9. The van der Waals surface area contributed by atoms with Crippen LogP contribution in [0.15, 0.2) is 42.5 Å². The number of amides is 2. The molecule has 0 aromatic heterocycles. The third kappa shape index (κ3) is 5.34. The van der Waals surface area contributed by atoms with Gasteiger partial charge in [-0.15, -0.1) is 0 Å². The van der Waals surface area contributed by atoms with Crippen LogP contribution in [-0.4, -0.2) is 18.4 Å². The zero-order chi connectivity index (χ0) is 19.1. The Morgan fingerprint density at radius 1 is 0.962 bits per heavy atom. The number of anilines is 3. The van der Waals surface area contributed by atoms with Crippen LogP contribution in [0.4, 0.5) is 17.1 Å². The van der Waals surface area contributed by atoms with Gasteiger partial charge in [0.15, 0.2) is 0 Å². The van der Waals surface area contributed by atoms with Crippen molar-refractivity contribution in [1.29, 1.82) is 0 Å². The van der Waals surface area contributed by atoms with Crippen LogP contribution in [0.1, 0.15) is 44.2 Å². The van der Waals surface area contributed by atoms with Crippen molar-refractivity contribution in [3.8, 4) is 0 Å². The van der Waals surface area contributed by atoms with Crippen molar-refractivity contribution in [2.45, 2.75) is 40.0 Å². The maximum Gasteiger partial charge on any atom is 0.243 e. The van der Waals surface area contributed by atoms with Crippen LogP contribution in [0.2, 0.25) is 0 Å². The van der Waals surface area contributed by atoms with E-state index < -0.39 is 0 Å². The highest BCUT2D eigenvalue weighted by molar-refractivity contribution is 5.95. The number of hydrogen-bond donors (Lipinski definition) is 3. The molecule has 2 aromatic rings. The minimum absolute atomic E-state index is 0.0390. The summed E-state index contributed by atoms with van der Waals surface area (Å²) in [5.41, 5.74) is 4.51. The summed E-state index contributed by atoms with van der Waals surface area (Å²) in [6.45, 7) is 8.12. The first-order chi connectivity index (χ1) is 12.4. The van der Waals surface area contributed by atoms with Gasteiger partial charge in [-0.1, -0.05) is 45.0 Å². The van der Waals surface area contributed by atoms with Crippen molar-refractivity contribution in [2.24, 2.45) is 0 Å². The smallest absolute Gasteiger partial charge is 0.243 e. The van der Waals surface area contributed by atoms with Crippen molar-refractivity contribution >= 4 is 28.9 Å². The topological polar surface area (TPSA) is 70.2 Å². The lowest BCUT2D eigenvalue weighted by molar-refractivity contribution is -0.116. The summed E-state index contributed by atoms with van der Waals surface area (Å²) in [5, 5.41) is 8.94. The number of nitrogens with one attached hydrogen (secondary N) is 3. The molecule has 0 unspecified atom stereocenters. The lowest BCUT2D eigenvalue weighted by atomic mass is 10.0. The Hall–Kier alpha value is -2.82. The molecule has 0 aliphatic rings. The first-order valence-electron chi connectivity index (χ1n) is 8.93. The number of carbonyl (C=O) groups excluding carboxylic acids is 2. The summed E-state index contributed by atoms with van der Waals surface area (Å²) in [6.07, 6.45) is 0.425. The standard InChI is InChI=1S/C21H27N3O2/c1-5-20(25)23-16-11-10-15(4)19(12-16)22-13-21(26)24-18-9-7-6-8-17(18)14(2)3/h6-12,14,22H,5,13H2,1-4H3,(H,23,25)(H,24,26). The minimum Gasteiger partial charge on any atom is -0.376 e. The van der Waals surface area contributed by atoms with Crippen LogP contribution in [0, 0.1) is 6.92 Å². The van der Waals surface area contributed by atoms with E-state index >= 15 is 0 Å². The van der Waals surface area contributed by atoms with Gasteiger partial charge in [0.2, 0.25) is 11.8 Å². The van der Waals surface area contributed by atoms with Crippen molar-refractivity contribution in [1.82, 2.24) is 0 Å². The zero-order valence-electron chi connectivity index (χ0n) is 15.8. The average molecular weight is 353 g/mol. The summed E-state index contributed by atoms with van der Waals surface area (Å²) in [5.74, 6) is 0.184. The number of aryl methyl sites for hydroxylation is 1. The molecule has 5 heteroatoms. The lowest BCUT2D eigenvalue weighted by Crippen LogP contribution is -2.23. The average Bonchev–Trinajstić information content (AvgIpc) is 2.62. The van der Waals surface area contributed by atoms with Crippen LogP contribution >= 0.6 is 0 Å². The van der Waals surface area contributed by atoms with Crippen LogP contribution in [-0.2, 0) is 9.59 Å². The summed E-state index contributed by atoms with van der Waals surface area (Å²) in [7, 11) is 0. The molecule has 0 aliphatic carbocycles. The van der Waals surface area contributed by atoms with E-state index in [4.69, 9.17) is 0 Å². The molecule has 0 heterocycles. The lowest BCUT2D eigenvalue weighted by Gasteiger charge is -2.15. The number of para-hydroxylation sites is 1. The largest absolute Gasteiger partial charge is 0.376 e. The molecule has 5 nitrogen and oxygen atoms in total. The SMILES string of the molecule is CCC(=O)Nc1ccc(C)c(NCC(=O)Nc2ccccc2C(C)C)c1. The van der Waals surface area contributed by atoms with Gasteiger partial charge in [0, 0.05) is 23.5 Å². The van der Waals surface area contributed by atoms with Gasteiger partial charge >= 0.3 is 0 Å². The Bertz CT molecular complexity index is 785. The molecule has 0 saturated carbocycles. The van der Waals surface area contributed by atoms with Crippen molar-refractivity contribution < 1.29 is 9.59 Å². The molecule has 2 aromatic carbocycles. The molecule has 138 valence electrons. The van der Waals surface area contributed by atoms with Gasteiger partial charge in [0.1, 0.15) is 0 Å². The highest BCUT2D eigenvalue weighted by atomic mass is 16.2. The zero-order valence-corrected chi connectivity index (χ0v) is 15.8. The Morgan fingerprint density at radius 2 is 1.69 bits per heavy atom. The van der Waals surface area contributed by atoms with E-state index in [0.717, 1.165) is 28.2 Å². The molecular formula is C21H27N3O2. The fourth-order valence-electron chi connectivity index (χ4n) is 2.62. The van der Waals surface area contributed by atoms with E-state index in [2.05, 4.69) is 29.8 Å². The number of benzene rings is 2. The van der Waals surface area contributed by atoms with Crippen LogP contribution in [0.3, 0.4) is 0 Å². The third-order valence-corrected chi connectivity index (χ3v) is 4.14. The minimum atomic E-state index is -0.111. The second-order valence-corrected chi connectivity index (χ2v) is 6.58. The van der Waals surface area contributed by atoms with Crippen LogP contribution < -0.4 is 16.0 Å². The molecule has 0 spiro atoms. The molecule has 0 fully saturated rings. The van der Waals surface area contributed by atoms with E-state index in [-0.39, 0.29) is 18.4 Å². The van der Waals surface area contributed by atoms with Crippen molar-refractivity contribution in [2.75, 3.05) is 22.5 Å². The molecule has 2 rings (SSSR count). The summed E-state index contributed by atoms with van der Waals surface area (Å²) < 4.78 is 0. The second kappa shape index (κ2) is 9.04. The Labute approximate surface area is 155 Å². The number of carbonyl (C=O) groups is 2. The van der Waals surface area contributed by atoms with Gasteiger partial charge in [-0.25, -0.2) is 0 Å². The number of rotatable bonds is 7. The predicted octanol–water partition coefficient (Wildman–Crippen LogP) is 4.52. The summed E-state index contributed by atoms with van der Waals surface area (Å²) in [6, 6.07) is 13.4. The molecular weight excluding hydrogens is 326 g/mol. The highest BCUT2D eigenvalue weighted by Crippen LogP contribution is 2.24. The molecule has 26 heavy (non-hydrogen) atoms. The predicted molar refractivity (Wildman–Crippen MR) is 108 cm³/mol. The van der Waals surface area contributed by atoms with E-state index in [1.54, 1.807) is 0 Å². The number of hydrogen-bond acceptors (Lipinski definition) is 3. The maximum absolute atomic E-state index is 12.3. The van der Waals surface area contributed by atoms with Gasteiger partial charge in [-0.05, 0) is 42.2 Å². The van der Waals surface area contributed by atoms with Gasteiger partial charge < -0.3 is 16.0 Å². The van der Waals surface area contributed by atoms with Crippen molar-refractivity contribution in [3.63, 3.8) is 0 Å². The van der Waals surface area contributed by atoms with Crippen LogP contribution in [0.25, 0.3) is 0 Å². The maximum atomic E-state index is 12.3. The van der Waals surface area contributed by atoms with E-state index in [9.17, 15) is 9.59 Å². The van der Waals surface area contributed by atoms with Gasteiger partial charge in [0.05, 0.1) is 6.54 Å². The van der Waals surface area contributed by atoms with E-state index in [1.165, 1.54) is 0 Å². The highest BCUT2D eigenvalue weighted by Gasteiger charge is 2.10. The molecule has 0 saturated heterocycles. The second-order valence-electron chi connectivity index (χ2n) is 6.58. The first-order valence-corrected chi connectivity index (χ1v) is 8.93. The fourth-order valence-corrected chi connectivity index (χ4v) is 2.62. The monoisotopic (exact) mass is 353 g/mol. The Morgan fingerprint density at radius 3 is 2.38 bits per heavy atom. The molecule has 2 amide bonds. The molecule has 0 aliphatic heterocycles. The molecule has 0 bridgehead atoms. The Balaban J connectivity index is 2.01.